The molecule has 2 aliphatic rings. The van der Waals surface area contributed by atoms with Gasteiger partial charge in [0, 0.05) is 123 Å². The zero-order valence-corrected chi connectivity index (χ0v) is 33.5. The summed E-state index contributed by atoms with van der Waals surface area (Å²) in [5.41, 5.74) is 3.79. The first-order valence-electron chi connectivity index (χ1n) is 13.0. The van der Waals surface area contributed by atoms with Crippen LogP contribution >= 0.6 is 11.6 Å². The Bertz CT molecular complexity index is 1690. The maximum Gasteiger partial charge on any atom is 0.403 e. The van der Waals surface area contributed by atoms with Crippen LogP contribution in [-0.2, 0) is 122 Å². The smallest absolute Gasteiger partial charge is 0.403 e. The van der Waals surface area contributed by atoms with Crippen molar-refractivity contribution in [3.05, 3.63) is 82.7 Å². The van der Waals surface area contributed by atoms with Gasteiger partial charge in [0.25, 0.3) is 5.56 Å². The third kappa shape index (κ3) is 8.82. The predicted octanol–water partition coefficient (Wildman–Crippen LogP) is 1.19. The number of rotatable bonds is 5. The number of fused-ring (bicyclic) bond motifs is 4. The summed E-state index contributed by atoms with van der Waals surface area (Å²) < 4.78 is 16.5. The monoisotopic (exact) mass is 878 g/mol. The second kappa shape index (κ2) is 18.4. The molecule has 6 rings (SSSR count). The van der Waals surface area contributed by atoms with Crippen LogP contribution in [0.25, 0.3) is 22.3 Å². The maximum atomic E-state index is 11.7. The number of aromatic amines is 1. The van der Waals surface area contributed by atoms with E-state index in [0.29, 0.717) is 0 Å². The number of likely N-dealkylation sites (N-methyl/N-ethyl adjacent to an activating group) is 1. The van der Waals surface area contributed by atoms with Gasteiger partial charge >= 0.3 is 17.3 Å². The maximum absolute atomic E-state index is 11.7. The van der Waals surface area contributed by atoms with Gasteiger partial charge in [-0.05, 0) is 22.3 Å². The van der Waals surface area contributed by atoms with E-state index < -0.39 is 54.0 Å². The molecule has 3 radical (unpaired) electrons. The number of ether oxygens (including phenoxy) is 3. The van der Waals surface area contributed by atoms with Crippen molar-refractivity contribution in [2.24, 2.45) is 0 Å². The van der Waals surface area contributed by atoms with Gasteiger partial charge in [-0.2, -0.15) is 0 Å². The van der Waals surface area contributed by atoms with Crippen LogP contribution in [0.1, 0.15) is 23.3 Å². The molecule has 1 fully saturated rings. The van der Waals surface area contributed by atoms with Crippen LogP contribution < -0.4 is 10.9 Å². The molecule has 0 bridgehead atoms. The van der Waals surface area contributed by atoms with Crippen molar-refractivity contribution in [1.82, 2.24) is 24.8 Å². The number of aliphatic hydroxyl groups excluding tert-OH is 2. The van der Waals surface area contributed by atoms with Crippen LogP contribution in [0.2, 0.25) is 0 Å². The summed E-state index contributed by atoms with van der Waals surface area (Å²) in [7, 11) is 1.27. The number of hydrogen-bond acceptors (Lipinski definition) is 11. The number of nitrogens with one attached hydrogen (secondary N) is 2. The Balaban J connectivity index is 0.000000313. The zero-order chi connectivity index (χ0) is 30.7. The summed E-state index contributed by atoms with van der Waals surface area (Å²) in [6.45, 7) is -0.155. The Morgan fingerprint density at radius 3 is 2.15 bits per heavy atom. The van der Waals surface area contributed by atoms with Gasteiger partial charge in [-0.25, -0.2) is 19.6 Å². The largest absolute Gasteiger partial charge is 0.456 e. The van der Waals surface area contributed by atoms with Crippen LogP contribution in [0.3, 0.4) is 0 Å². The van der Waals surface area contributed by atoms with Crippen LogP contribution in [0.5, 0.6) is 0 Å². The molecule has 14 nitrogen and oxygen atoms in total. The van der Waals surface area contributed by atoms with Gasteiger partial charge in [0.2, 0.25) is 0 Å². The molecule has 0 saturated carbocycles. The molecule has 1 saturated heterocycles. The number of imidazole rings is 1. The van der Waals surface area contributed by atoms with Gasteiger partial charge < -0.3 is 34.7 Å². The topological polar surface area (TPSA) is 195 Å². The SMILES string of the molecule is CNC(=O)C(=O)OC[C@H]1O[C@@H](n2cnc3c(=O)[nH]cnc32)C(O)[C@H]1O.O=C(Cl)OCC1c2ccccc2-c2ccccc21.[Y].[Y].[Y]. The second-order valence-electron chi connectivity index (χ2n) is 9.56. The number of aromatic nitrogens is 4. The quantitative estimate of drug-likeness (QED) is 0.128. The molecular weight excluding hydrogens is 853 g/mol. The number of benzene rings is 2. The van der Waals surface area contributed by atoms with Gasteiger partial charge in [-0.1, -0.05) is 48.5 Å². The molecular formula is C28H26ClN5O9Y3. The van der Waals surface area contributed by atoms with Crippen molar-refractivity contribution in [3.63, 3.8) is 0 Å². The number of hydrogen-bond donors (Lipinski definition) is 4. The Labute approximate surface area is 342 Å². The van der Waals surface area contributed by atoms with Crippen molar-refractivity contribution in [2.45, 2.75) is 30.5 Å². The third-order valence-electron chi connectivity index (χ3n) is 7.09. The van der Waals surface area contributed by atoms with E-state index in [0.717, 1.165) is 0 Å². The standard InChI is InChI=1S/C15H11ClO2.C13H15N5O7.3Y/c16-15(17)18-9-14-12-7-3-1-5-10(12)11-6-2-4-8-13(11)14;1-14-11(22)13(23)24-2-5-7(19)8(20)12(25-5)18-4-17-6-9(18)15-3-16-10(6)21;;;/h1-8,14H,9H2;3-5,7-8,12,19-20H,2H2,1H3,(H,14,22)(H,15,16,21);;;/t;5-,7+,8?,12-;;;/m.1.../s1. The molecule has 46 heavy (non-hydrogen) atoms. The van der Waals surface area contributed by atoms with E-state index in [1.807, 2.05) is 24.3 Å². The van der Waals surface area contributed by atoms with E-state index in [1.54, 1.807) is 0 Å². The fourth-order valence-electron chi connectivity index (χ4n) is 5.06. The van der Waals surface area contributed by atoms with Crippen LogP contribution in [0, 0.1) is 0 Å². The number of nitrogens with zero attached hydrogens (tertiary/aromatic N) is 3. The number of esters is 1. The molecule has 1 aliphatic heterocycles. The third-order valence-corrected chi connectivity index (χ3v) is 7.20. The molecule has 3 heterocycles. The number of carbonyl (C=O) groups excluding carboxylic acids is 3. The Kier molecular flexibility index (Phi) is 16.4. The van der Waals surface area contributed by atoms with Crippen LogP contribution in [0.15, 0.2) is 66.0 Å². The summed E-state index contributed by atoms with van der Waals surface area (Å²) in [5.74, 6) is -2.01. The average Bonchev–Trinajstić information content (AvgIpc) is 3.67. The molecule has 2 aromatic heterocycles. The van der Waals surface area contributed by atoms with E-state index >= 15 is 0 Å². The molecule has 4 atom stereocenters. The Morgan fingerprint density at radius 1 is 0.957 bits per heavy atom. The van der Waals surface area contributed by atoms with E-state index in [9.17, 15) is 29.4 Å². The normalized spacial score (nSPS) is 19.1. The minimum absolute atomic E-state index is 0. The van der Waals surface area contributed by atoms with E-state index in [2.05, 4.69) is 44.5 Å². The summed E-state index contributed by atoms with van der Waals surface area (Å²) in [4.78, 5) is 55.1. The molecule has 18 heteroatoms. The van der Waals surface area contributed by atoms with E-state index in [1.165, 1.54) is 46.5 Å². The van der Waals surface area contributed by atoms with Crippen molar-refractivity contribution >= 4 is 40.1 Å². The van der Waals surface area contributed by atoms with Crippen LogP contribution in [-0.4, -0.2) is 85.6 Å². The second-order valence-corrected chi connectivity index (χ2v) is 9.86. The minimum atomic E-state index is -1.39. The number of H-pyrrole nitrogens is 1. The molecule has 2 aromatic carbocycles. The van der Waals surface area contributed by atoms with E-state index in [-0.39, 0.29) is 122 Å². The van der Waals surface area contributed by atoms with Crippen molar-refractivity contribution in [2.75, 3.05) is 20.3 Å². The molecule has 4 aromatic rings. The summed E-state index contributed by atoms with van der Waals surface area (Å²) in [5, 5.41) is 22.4. The first-order valence-corrected chi connectivity index (χ1v) is 13.4. The Hall–Kier alpha value is -1.32. The van der Waals surface area contributed by atoms with Crippen molar-refractivity contribution < 1.29 is 137 Å². The van der Waals surface area contributed by atoms with Crippen molar-refractivity contribution in [3.8, 4) is 11.1 Å². The van der Waals surface area contributed by atoms with Gasteiger partial charge in [-0.3, -0.25) is 14.2 Å². The summed E-state index contributed by atoms with van der Waals surface area (Å²) in [6.07, 6.45) is -2.54. The number of carbonyl (C=O) groups is 3. The number of amides is 1. The first kappa shape index (κ1) is 40.9. The fraction of sp³-hybridized carbons (Fsp3) is 0.286. The predicted molar refractivity (Wildman–Crippen MR) is 150 cm³/mol. The first-order chi connectivity index (χ1) is 20.7. The van der Waals surface area contributed by atoms with Crippen molar-refractivity contribution in [1.29, 1.82) is 0 Å². The Morgan fingerprint density at radius 2 is 1.57 bits per heavy atom. The molecule has 1 aliphatic carbocycles. The fourth-order valence-corrected chi connectivity index (χ4v) is 5.12. The van der Waals surface area contributed by atoms with Gasteiger partial charge in [0.15, 0.2) is 17.4 Å². The average molecular weight is 879 g/mol. The minimum Gasteiger partial charge on any atom is -0.456 e. The molecule has 4 N–H and O–H groups in total. The summed E-state index contributed by atoms with van der Waals surface area (Å²) in [6, 6.07) is 16.4. The van der Waals surface area contributed by atoms with E-state index in [4.69, 9.17) is 25.8 Å². The molecule has 0 spiro atoms. The van der Waals surface area contributed by atoms with Gasteiger partial charge in [-0.15, -0.1) is 0 Å². The van der Waals surface area contributed by atoms with Gasteiger partial charge in [0.05, 0.1) is 12.7 Å². The summed E-state index contributed by atoms with van der Waals surface area (Å²) >= 11 is 5.25. The number of aliphatic hydroxyl groups is 2. The number of halogens is 1. The molecule has 1 amide bonds. The van der Waals surface area contributed by atoms with Gasteiger partial charge in [0.1, 0.15) is 31.5 Å². The molecule has 233 valence electrons. The zero-order valence-electron chi connectivity index (χ0n) is 24.3. The van der Waals surface area contributed by atoms with Crippen LogP contribution in [0.4, 0.5) is 4.79 Å². The molecule has 1 unspecified atom stereocenters.